The van der Waals surface area contributed by atoms with Crippen molar-refractivity contribution in [1.29, 1.82) is 0 Å². The third-order valence-corrected chi connectivity index (χ3v) is 4.34. The van der Waals surface area contributed by atoms with Crippen LogP contribution in [0.25, 0.3) is 0 Å². The topological polar surface area (TPSA) is 107 Å². The van der Waals surface area contributed by atoms with E-state index >= 15 is 0 Å². The minimum atomic E-state index is -0.889. The van der Waals surface area contributed by atoms with Gasteiger partial charge in [0.2, 0.25) is 0 Å². The summed E-state index contributed by atoms with van der Waals surface area (Å²) in [7, 11) is 0. The van der Waals surface area contributed by atoms with Crippen LogP contribution in [-0.2, 0) is 4.79 Å². The van der Waals surface area contributed by atoms with Crippen molar-refractivity contribution in [3.63, 3.8) is 0 Å². The van der Waals surface area contributed by atoms with E-state index in [4.69, 9.17) is 22.1 Å². The first-order valence-corrected chi connectivity index (χ1v) is 7.77. The first-order chi connectivity index (χ1) is 10.8. The zero-order chi connectivity index (χ0) is 17.2. The summed E-state index contributed by atoms with van der Waals surface area (Å²) in [5, 5.41) is 14.2. The molecule has 3 N–H and O–H groups in total. The smallest absolute Gasteiger partial charge is 0.312 e. The quantitative estimate of drug-likeness (QED) is 0.560. The molecule has 0 aromatic heterocycles. The fourth-order valence-corrected chi connectivity index (χ4v) is 2.57. The van der Waals surface area contributed by atoms with Gasteiger partial charge >= 0.3 is 5.69 Å². The highest BCUT2D eigenvalue weighted by Gasteiger charge is 2.42. The van der Waals surface area contributed by atoms with Gasteiger partial charge in [0, 0.05) is 17.6 Å². The molecule has 2 unspecified atom stereocenters. The number of hydrogen-bond donors (Lipinski definition) is 2. The maximum Gasteiger partial charge on any atom is 0.312 e. The number of carbonyl (C=O) groups is 1. The number of nitrogens with one attached hydrogen (secondary N) is 1. The van der Waals surface area contributed by atoms with Crippen LogP contribution in [0.4, 0.5) is 5.69 Å². The minimum absolute atomic E-state index is 0. The molecule has 24 heavy (non-hydrogen) atoms. The molecule has 7 nitrogen and oxygen atoms in total. The monoisotopic (exact) mass is 377 g/mol. The van der Waals surface area contributed by atoms with Crippen molar-refractivity contribution in [3.05, 3.63) is 33.3 Å². The van der Waals surface area contributed by atoms with Gasteiger partial charge in [-0.2, -0.15) is 0 Å². The van der Waals surface area contributed by atoms with E-state index in [-0.39, 0.29) is 34.8 Å². The van der Waals surface area contributed by atoms with Crippen molar-refractivity contribution in [2.24, 2.45) is 11.7 Å². The molecule has 134 valence electrons. The number of hydrogen-bond acceptors (Lipinski definition) is 5. The third-order valence-electron chi connectivity index (χ3n) is 4.10. The Balaban J connectivity index is 0.00000288. The average Bonchev–Trinajstić information content (AvgIpc) is 3.33. The van der Waals surface area contributed by atoms with E-state index in [9.17, 15) is 14.9 Å². The molecule has 1 aromatic carbocycles. The van der Waals surface area contributed by atoms with E-state index in [0.717, 1.165) is 12.8 Å². The number of nitro groups is 1. The lowest BCUT2D eigenvalue weighted by Crippen LogP contribution is -2.56. The summed E-state index contributed by atoms with van der Waals surface area (Å²) in [4.78, 5) is 22.8. The second-order valence-corrected chi connectivity index (χ2v) is 6.45. The molecule has 1 saturated carbocycles. The Bertz CT molecular complexity index is 625. The molecular weight excluding hydrogens is 357 g/mol. The van der Waals surface area contributed by atoms with Crippen LogP contribution < -0.4 is 15.8 Å². The number of nitrogens with zero attached hydrogens (tertiary/aromatic N) is 1. The molecule has 1 amide bonds. The van der Waals surface area contributed by atoms with Crippen LogP contribution in [0.2, 0.25) is 5.02 Å². The summed E-state index contributed by atoms with van der Waals surface area (Å²) in [5.74, 6) is 0.0190. The number of halogens is 2. The fraction of sp³-hybridized carbons (Fsp3) is 0.533. The van der Waals surface area contributed by atoms with Crippen LogP contribution in [0.15, 0.2) is 18.2 Å². The highest BCUT2D eigenvalue weighted by Crippen LogP contribution is 2.39. The lowest BCUT2D eigenvalue weighted by molar-refractivity contribution is -0.386. The van der Waals surface area contributed by atoms with E-state index in [1.807, 2.05) is 6.92 Å². The molecule has 0 spiro atoms. The first kappa shape index (κ1) is 20.5. The molecule has 1 aliphatic rings. The van der Waals surface area contributed by atoms with Gasteiger partial charge in [0.05, 0.1) is 10.5 Å². The van der Waals surface area contributed by atoms with Crippen LogP contribution in [0.5, 0.6) is 5.75 Å². The van der Waals surface area contributed by atoms with Crippen molar-refractivity contribution in [3.8, 4) is 5.75 Å². The van der Waals surface area contributed by atoms with Gasteiger partial charge in [0.1, 0.15) is 0 Å². The van der Waals surface area contributed by atoms with E-state index < -0.39 is 16.6 Å². The zero-order valence-corrected chi connectivity index (χ0v) is 15.0. The molecule has 0 radical (unpaired) electrons. The number of nitro benzene ring substituents is 1. The Morgan fingerprint density at radius 3 is 2.71 bits per heavy atom. The van der Waals surface area contributed by atoms with E-state index in [0.29, 0.717) is 12.5 Å². The summed E-state index contributed by atoms with van der Waals surface area (Å²) in [6, 6.07) is 4.05. The van der Waals surface area contributed by atoms with Gasteiger partial charge < -0.3 is 15.8 Å². The van der Waals surface area contributed by atoms with Gasteiger partial charge in [0.25, 0.3) is 5.91 Å². The minimum Gasteiger partial charge on any atom is -0.474 e. The molecule has 0 bridgehead atoms. The predicted molar refractivity (Wildman–Crippen MR) is 93.8 cm³/mol. The molecule has 9 heteroatoms. The second kappa shape index (κ2) is 8.00. The Labute approximate surface area is 151 Å². The normalized spacial score (nSPS) is 17.2. The van der Waals surface area contributed by atoms with Crippen molar-refractivity contribution in [1.82, 2.24) is 5.32 Å². The van der Waals surface area contributed by atoms with Crippen LogP contribution in [0.1, 0.15) is 26.7 Å². The molecule has 2 atom stereocenters. The van der Waals surface area contributed by atoms with E-state index in [2.05, 4.69) is 5.32 Å². The molecule has 1 aromatic rings. The van der Waals surface area contributed by atoms with Crippen LogP contribution >= 0.6 is 24.0 Å². The van der Waals surface area contributed by atoms with Gasteiger partial charge in [-0.3, -0.25) is 14.9 Å². The van der Waals surface area contributed by atoms with Gasteiger partial charge in [-0.1, -0.05) is 11.6 Å². The van der Waals surface area contributed by atoms with Crippen LogP contribution in [0.3, 0.4) is 0 Å². The van der Waals surface area contributed by atoms with Crippen molar-refractivity contribution < 1.29 is 14.5 Å². The summed E-state index contributed by atoms with van der Waals surface area (Å²) < 4.78 is 5.46. The lowest BCUT2D eigenvalue weighted by atomic mass is 9.95. The Hall–Kier alpha value is -1.57. The largest absolute Gasteiger partial charge is 0.474 e. The standard InChI is InChI=1S/C15H20ClN3O4.ClH/c1-9(14(20)18-15(2,8-17)10-3-4-10)23-13-6-5-11(16)7-12(13)19(21)22;/h5-7,9-10H,3-4,8,17H2,1-2H3,(H,18,20);1H. The number of rotatable bonds is 7. The summed E-state index contributed by atoms with van der Waals surface area (Å²) in [5.41, 5.74) is 5.02. The molecule has 0 saturated heterocycles. The zero-order valence-electron chi connectivity index (χ0n) is 13.5. The number of carbonyl (C=O) groups excluding carboxylic acids is 1. The molecule has 2 rings (SSSR count). The maximum atomic E-state index is 12.3. The molecule has 1 aliphatic carbocycles. The average molecular weight is 378 g/mol. The predicted octanol–water partition coefficient (Wildman–Crippen LogP) is 2.68. The second-order valence-electron chi connectivity index (χ2n) is 6.01. The summed E-state index contributed by atoms with van der Waals surface area (Å²) in [6.45, 7) is 3.77. The van der Waals surface area contributed by atoms with E-state index in [1.54, 1.807) is 0 Å². The van der Waals surface area contributed by atoms with Gasteiger partial charge in [-0.25, -0.2) is 0 Å². The van der Waals surface area contributed by atoms with Gasteiger partial charge in [0.15, 0.2) is 11.9 Å². The van der Waals surface area contributed by atoms with E-state index in [1.165, 1.54) is 25.1 Å². The van der Waals surface area contributed by atoms with Crippen molar-refractivity contribution in [2.45, 2.75) is 38.3 Å². The number of ether oxygens (including phenoxy) is 1. The Morgan fingerprint density at radius 2 is 2.21 bits per heavy atom. The molecular formula is C15H21Cl2N3O4. The number of amides is 1. The van der Waals surface area contributed by atoms with Gasteiger partial charge in [-0.15, -0.1) is 12.4 Å². The van der Waals surface area contributed by atoms with Crippen molar-refractivity contribution >= 4 is 35.6 Å². The lowest BCUT2D eigenvalue weighted by Gasteiger charge is -2.30. The van der Waals surface area contributed by atoms with Crippen LogP contribution in [0, 0.1) is 16.0 Å². The molecule has 0 heterocycles. The van der Waals surface area contributed by atoms with Crippen LogP contribution in [-0.4, -0.2) is 29.0 Å². The molecule has 0 aliphatic heterocycles. The Morgan fingerprint density at radius 1 is 1.58 bits per heavy atom. The Kier molecular flexibility index (Phi) is 6.83. The number of nitrogens with two attached hydrogens (primary N) is 1. The fourth-order valence-electron chi connectivity index (χ4n) is 2.40. The third kappa shape index (κ3) is 4.72. The maximum absolute atomic E-state index is 12.3. The SMILES string of the molecule is CC(Oc1ccc(Cl)cc1[N+](=O)[O-])C(=O)NC(C)(CN)C1CC1.Cl. The van der Waals surface area contributed by atoms with Gasteiger partial charge in [-0.05, 0) is 44.7 Å². The molecule has 1 fully saturated rings. The highest BCUT2D eigenvalue weighted by molar-refractivity contribution is 6.30. The number of benzene rings is 1. The summed E-state index contributed by atoms with van der Waals surface area (Å²) in [6.07, 6.45) is 1.18. The van der Waals surface area contributed by atoms with Crippen molar-refractivity contribution in [2.75, 3.05) is 6.54 Å². The summed E-state index contributed by atoms with van der Waals surface area (Å²) >= 11 is 5.75. The highest BCUT2D eigenvalue weighted by atomic mass is 35.5. The first-order valence-electron chi connectivity index (χ1n) is 7.39.